The predicted octanol–water partition coefficient (Wildman–Crippen LogP) is 4.11. The lowest BCUT2D eigenvalue weighted by molar-refractivity contribution is 0.0696. The molecular weight excluding hydrogens is 236 g/mol. The lowest BCUT2D eigenvalue weighted by atomic mass is 10.1. The summed E-state index contributed by atoms with van der Waals surface area (Å²) in [5, 5.41) is 9.05. The van der Waals surface area contributed by atoms with Crippen molar-refractivity contribution in [2.45, 2.75) is 0 Å². The van der Waals surface area contributed by atoms with Gasteiger partial charge in [-0.05, 0) is 17.2 Å². The molecule has 0 saturated heterocycles. The van der Waals surface area contributed by atoms with Crippen LogP contribution in [0.25, 0.3) is 12.2 Å². The summed E-state index contributed by atoms with van der Waals surface area (Å²) in [6.07, 6.45) is 7.51. The van der Waals surface area contributed by atoms with Gasteiger partial charge in [0.05, 0.1) is 5.56 Å². The maximum atomic E-state index is 11.0. The van der Waals surface area contributed by atoms with Gasteiger partial charge in [0.25, 0.3) is 0 Å². The summed E-state index contributed by atoms with van der Waals surface area (Å²) in [5.41, 5.74) is 2.12. The van der Waals surface area contributed by atoms with Crippen molar-refractivity contribution in [1.82, 2.24) is 0 Å². The summed E-state index contributed by atoms with van der Waals surface area (Å²) < 4.78 is 0. The summed E-state index contributed by atoms with van der Waals surface area (Å²) in [7, 11) is 0. The van der Waals surface area contributed by atoms with Crippen LogP contribution in [0.5, 0.6) is 0 Å². The lowest BCUT2D eigenvalue weighted by Crippen LogP contribution is -1.98. The Morgan fingerprint density at radius 2 is 1.47 bits per heavy atom. The molecule has 0 heterocycles. The Bertz CT molecular complexity index is 610. The molecule has 0 aliphatic carbocycles. The molecule has 2 heteroatoms. The second-order valence-corrected chi connectivity index (χ2v) is 4.02. The van der Waals surface area contributed by atoms with Gasteiger partial charge in [0.1, 0.15) is 0 Å². The van der Waals surface area contributed by atoms with Gasteiger partial charge in [-0.2, -0.15) is 0 Å². The highest BCUT2D eigenvalue weighted by Gasteiger charge is 2.05. The van der Waals surface area contributed by atoms with E-state index >= 15 is 0 Å². The molecule has 2 aromatic rings. The van der Waals surface area contributed by atoms with Crippen LogP contribution in [0.3, 0.4) is 0 Å². The maximum Gasteiger partial charge on any atom is 0.336 e. The van der Waals surface area contributed by atoms with Gasteiger partial charge in [0, 0.05) is 0 Å². The Morgan fingerprint density at radius 3 is 2.21 bits per heavy atom. The fourth-order valence-corrected chi connectivity index (χ4v) is 1.73. The molecule has 0 saturated carbocycles. The highest BCUT2D eigenvalue weighted by atomic mass is 16.4. The van der Waals surface area contributed by atoms with E-state index in [4.69, 9.17) is 5.11 Å². The standard InChI is InChI=1S/C17H14O2/c18-17(19)16-13-7-6-12-15(16)11-5-4-10-14-8-2-1-3-9-14/h1-13H,(H,18,19). The zero-order chi connectivity index (χ0) is 13.5. The second kappa shape index (κ2) is 6.36. The number of hydrogen-bond acceptors (Lipinski definition) is 1. The van der Waals surface area contributed by atoms with Gasteiger partial charge >= 0.3 is 5.97 Å². The minimum Gasteiger partial charge on any atom is -0.478 e. The molecule has 0 bridgehead atoms. The predicted molar refractivity (Wildman–Crippen MR) is 77.9 cm³/mol. The fraction of sp³-hybridized carbons (Fsp3) is 0. The van der Waals surface area contributed by atoms with E-state index in [2.05, 4.69) is 0 Å². The van der Waals surface area contributed by atoms with E-state index < -0.39 is 5.97 Å². The number of carboxylic acid groups (broad SMARTS) is 1. The molecule has 0 radical (unpaired) electrons. The topological polar surface area (TPSA) is 37.3 Å². The van der Waals surface area contributed by atoms with Crippen LogP contribution in [-0.4, -0.2) is 11.1 Å². The molecule has 0 spiro atoms. The number of carbonyl (C=O) groups is 1. The molecule has 0 aromatic heterocycles. The van der Waals surface area contributed by atoms with Gasteiger partial charge < -0.3 is 5.11 Å². The quantitative estimate of drug-likeness (QED) is 0.829. The van der Waals surface area contributed by atoms with Crippen molar-refractivity contribution < 1.29 is 9.90 Å². The van der Waals surface area contributed by atoms with Gasteiger partial charge in [0.2, 0.25) is 0 Å². The summed E-state index contributed by atoms with van der Waals surface area (Å²) >= 11 is 0. The lowest BCUT2D eigenvalue weighted by Gasteiger charge is -1.98. The molecule has 0 aliphatic heterocycles. The van der Waals surface area contributed by atoms with Gasteiger partial charge in [-0.3, -0.25) is 0 Å². The summed E-state index contributed by atoms with van der Waals surface area (Å²) in [6, 6.07) is 16.9. The molecule has 94 valence electrons. The van der Waals surface area contributed by atoms with E-state index in [1.807, 2.05) is 54.6 Å². The molecule has 0 aliphatic rings. The molecule has 0 unspecified atom stereocenters. The Morgan fingerprint density at radius 1 is 0.842 bits per heavy atom. The third-order valence-corrected chi connectivity index (χ3v) is 2.67. The Balaban J connectivity index is 2.12. The van der Waals surface area contributed by atoms with Crippen LogP contribution in [0.15, 0.2) is 66.7 Å². The summed E-state index contributed by atoms with van der Waals surface area (Å²) in [5.74, 6) is -0.910. The molecule has 0 amide bonds. The Hall–Kier alpha value is -2.61. The number of aromatic carboxylic acids is 1. The highest BCUT2D eigenvalue weighted by molar-refractivity contribution is 5.92. The van der Waals surface area contributed by atoms with Crippen LogP contribution in [0.4, 0.5) is 0 Å². The monoisotopic (exact) mass is 250 g/mol. The smallest absolute Gasteiger partial charge is 0.336 e. The zero-order valence-electron chi connectivity index (χ0n) is 10.4. The largest absolute Gasteiger partial charge is 0.478 e. The maximum absolute atomic E-state index is 11.0. The van der Waals surface area contributed by atoms with Crippen molar-refractivity contribution in [2.24, 2.45) is 0 Å². The number of benzene rings is 2. The van der Waals surface area contributed by atoms with Gasteiger partial charge in [-0.25, -0.2) is 4.79 Å². The van der Waals surface area contributed by atoms with Crippen molar-refractivity contribution in [3.8, 4) is 0 Å². The second-order valence-electron chi connectivity index (χ2n) is 4.02. The van der Waals surface area contributed by atoms with Crippen molar-refractivity contribution in [2.75, 3.05) is 0 Å². The fourth-order valence-electron chi connectivity index (χ4n) is 1.73. The van der Waals surface area contributed by atoms with Gasteiger partial charge in [-0.15, -0.1) is 0 Å². The van der Waals surface area contributed by atoms with E-state index in [-0.39, 0.29) is 0 Å². The average molecular weight is 250 g/mol. The van der Waals surface area contributed by atoms with Crippen molar-refractivity contribution in [3.63, 3.8) is 0 Å². The zero-order valence-corrected chi connectivity index (χ0v) is 10.4. The first-order chi connectivity index (χ1) is 9.27. The molecular formula is C17H14O2. The highest BCUT2D eigenvalue weighted by Crippen LogP contribution is 2.11. The Labute approximate surface area is 112 Å². The SMILES string of the molecule is O=C(O)c1ccccc1C=CC=Cc1ccccc1. The molecule has 2 nitrogen and oxygen atoms in total. The molecule has 0 atom stereocenters. The minimum absolute atomic E-state index is 0.312. The van der Waals surface area contributed by atoms with Crippen molar-refractivity contribution >= 4 is 18.1 Å². The first kappa shape index (κ1) is 12.8. The number of allylic oxidation sites excluding steroid dienone is 2. The molecule has 1 N–H and O–H groups in total. The van der Waals surface area contributed by atoms with Crippen LogP contribution >= 0.6 is 0 Å². The average Bonchev–Trinajstić information content (AvgIpc) is 2.45. The third kappa shape index (κ3) is 3.68. The van der Waals surface area contributed by atoms with E-state index in [1.165, 1.54) is 0 Å². The van der Waals surface area contributed by atoms with Crippen LogP contribution in [0, 0.1) is 0 Å². The number of rotatable bonds is 4. The van der Waals surface area contributed by atoms with Crippen LogP contribution in [-0.2, 0) is 0 Å². The minimum atomic E-state index is -0.910. The van der Waals surface area contributed by atoms with Crippen molar-refractivity contribution in [3.05, 3.63) is 83.4 Å². The molecule has 2 aromatic carbocycles. The summed E-state index contributed by atoms with van der Waals surface area (Å²) in [4.78, 5) is 11.0. The van der Waals surface area contributed by atoms with Crippen LogP contribution in [0.1, 0.15) is 21.5 Å². The molecule has 19 heavy (non-hydrogen) atoms. The number of carboxylic acids is 1. The number of hydrogen-bond donors (Lipinski definition) is 1. The molecule has 0 fully saturated rings. The van der Waals surface area contributed by atoms with E-state index in [1.54, 1.807) is 24.3 Å². The third-order valence-electron chi connectivity index (χ3n) is 2.67. The first-order valence-electron chi connectivity index (χ1n) is 5.99. The van der Waals surface area contributed by atoms with Crippen molar-refractivity contribution in [1.29, 1.82) is 0 Å². The van der Waals surface area contributed by atoms with Gasteiger partial charge in [0.15, 0.2) is 0 Å². The van der Waals surface area contributed by atoms with Crippen LogP contribution < -0.4 is 0 Å². The van der Waals surface area contributed by atoms with E-state index in [0.717, 1.165) is 5.56 Å². The molecule has 2 rings (SSSR count). The van der Waals surface area contributed by atoms with E-state index in [9.17, 15) is 4.79 Å². The van der Waals surface area contributed by atoms with E-state index in [0.29, 0.717) is 11.1 Å². The Kier molecular flexibility index (Phi) is 4.29. The van der Waals surface area contributed by atoms with Crippen LogP contribution in [0.2, 0.25) is 0 Å². The normalized spacial score (nSPS) is 11.2. The first-order valence-corrected chi connectivity index (χ1v) is 5.99. The summed E-state index contributed by atoms with van der Waals surface area (Å²) in [6.45, 7) is 0. The van der Waals surface area contributed by atoms with Gasteiger partial charge in [-0.1, -0.05) is 72.8 Å².